The fraction of sp³-hybridized carbons (Fsp3) is 0.462. The Morgan fingerprint density at radius 3 is 2.41 bits per heavy atom. The molecule has 1 rings (SSSR count). The number of aryl methyl sites for hydroxylation is 1. The largest absolute Gasteiger partial charge is 0.387 e. The Morgan fingerprint density at radius 1 is 1.35 bits per heavy atom. The minimum Gasteiger partial charge on any atom is -0.387 e. The molecule has 17 heavy (non-hydrogen) atoms. The van der Waals surface area contributed by atoms with E-state index in [-0.39, 0.29) is 11.9 Å². The van der Waals surface area contributed by atoms with Crippen molar-refractivity contribution in [3.05, 3.63) is 35.4 Å². The maximum atomic E-state index is 11.0. The van der Waals surface area contributed by atoms with Gasteiger partial charge in [0.15, 0.2) is 0 Å². The normalized spacial score (nSPS) is 12.5. The molecule has 0 bridgehead atoms. The zero-order chi connectivity index (χ0) is 12.8. The van der Waals surface area contributed by atoms with Crippen LogP contribution in [0.2, 0.25) is 0 Å². The van der Waals surface area contributed by atoms with E-state index in [0.717, 1.165) is 5.56 Å². The van der Waals surface area contributed by atoms with Crippen molar-refractivity contribution in [1.29, 1.82) is 0 Å². The molecule has 4 nitrogen and oxygen atoms in total. The molecule has 0 aromatic heterocycles. The van der Waals surface area contributed by atoms with E-state index in [1.165, 1.54) is 5.56 Å². The van der Waals surface area contributed by atoms with Crippen LogP contribution in [0.1, 0.15) is 17.2 Å². The number of aliphatic hydroxyl groups is 1. The molecule has 0 aliphatic carbocycles. The van der Waals surface area contributed by atoms with Gasteiger partial charge in [0, 0.05) is 6.54 Å². The van der Waals surface area contributed by atoms with Gasteiger partial charge in [-0.1, -0.05) is 29.8 Å². The van der Waals surface area contributed by atoms with Gasteiger partial charge in [-0.05, 0) is 26.6 Å². The molecule has 0 radical (unpaired) electrons. The van der Waals surface area contributed by atoms with Crippen molar-refractivity contribution >= 4 is 5.91 Å². The minimum absolute atomic E-state index is 0.117. The van der Waals surface area contributed by atoms with E-state index in [0.29, 0.717) is 6.54 Å². The number of aliphatic hydroxyl groups excluding tert-OH is 1. The number of rotatable bonds is 5. The van der Waals surface area contributed by atoms with Crippen LogP contribution in [0.15, 0.2) is 24.3 Å². The van der Waals surface area contributed by atoms with Crippen LogP contribution >= 0.6 is 0 Å². The molecular weight excluding hydrogens is 216 g/mol. The second-order valence-corrected chi connectivity index (χ2v) is 4.35. The van der Waals surface area contributed by atoms with Gasteiger partial charge in [0.25, 0.3) is 0 Å². The number of hydrogen-bond donors (Lipinski definition) is 2. The Morgan fingerprint density at radius 2 is 1.94 bits per heavy atom. The molecule has 0 aliphatic heterocycles. The van der Waals surface area contributed by atoms with Crippen LogP contribution in [0.25, 0.3) is 0 Å². The molecule has 2 N–H and O–H groups in total. The maximum absolute atomic E-state index is 11.0. The highest BCUT2D eigenvalue weighted by atomic mass is 16.3. The summed E-state index contributed by atoms with van der Waals surface area (Å²) in [4.78, 5) is 13.1. The number of carbonyl (C=O) groups excluding carboxylic acids is 1. The molecule has 1 aromatic carbocycles. The quantitative estimate of drug-likeness (QED) is 0.791. The van der Waals surface area contributed by atoms with Gasteiger partial charge < -0.3 is 15.3 Å². The molecule has 0 fully saturated rings. The van der Waals surface area contributed by atoms with Crippen LogP contribution in [0.3, 0.4) is 0 Å². The number of hydrogen-bond acceptors (Lipinski definition) is 3. The second kappa shape index (κ2) is 6.37. The molecule has 1 atom stereocenters. The molecule has 0 saturated heterocycles. The standard InChI is InChI=1S/C13H20N2O2/c1-10-4-6-11(7-5-10)12(15(2)3)8-14-13(17)9-16/h4-7,12,16H,8-9H2,1-3H3,(H,14,17). The van der Waals surface area contributed by atoms with Gasteiger partial charge in [0.1, 0.15) is 6.61 Å². The predicted octanol–water partition coefficient (Wildman–Crippen LogP) is 0.706. The monoisotopic (exact) mass is 236 g/mol. The highest BCUT2D eigenvalue weighted by molar-refractivity contribution is 5.76. The zero-order valence-corrected chi connectivity index (χ0v) is 10.6. The third-order valence-electron chi connectivity index (χ3n) is 2.72. The van der Waals surface area contributed by atoms with E-state index in [4.69, 9.17) is 5.11 Å². The van der Waals surface area contributed by atoms with E-state index in [9.17, 15) is 4.79 Å². The Hall–Kier alpha value is -1.39. The van der Waals surface area contributed by atoms with Gasteiger partial charge in [-0.15, -0.1) is 0 Å². The Labute approximate surface area is 102 Å². The van der Waals surface area contributed by atoms with Crippen LogP contribution in [0.4, 0.5) is 0 Å². The van der Waals surface area contributed by atoms with Gasteiger partial charge >= 0.3 is 0 Å². The Balaban J connectivity index is 2.72. The summed E-state index contributed by atoms with van der Waals surface area (Å²) in [5, 5.41) is 11.4. The van der Waals surface area contributed by atoms with Crippen molar-refractivity contribution in [2.45, 2.75) is 13.0 Å². The zero-order valence-electron chi connectivity index (χ0n) is 10.6. The summed E-state index contributed by atoms with van der Waals surface area (Å²) in [6.45, 7) is 2.07. The van der Waals surface area contributed by atoms with Crippen LogP contribution in [-0.4, -0.2) is 43.2 Å². The Bertz CT molecular complexity index is 360. The first-order valence-electron chi connectivity index (χ1n) is 5.65. The summed E-state index contributed by atoms with van der Waals surface area (Å²) in [5.74, 6) is -0.344. The van der Waals surface area contributed by atoms with Crippen LogP contribution in [-0.2, 0) is 4.79 Å². The first-order chi connectivity index (χ1) is 8.04. The van der Waals surface area contributed by atoms with Crippen molar-refractivity contribution < 1.29 is 9.90 Å². The summed E-state index contributed by atoms with van der Waals surface area (Å²) in [6.07, 6.45) is 0. The van der Waals surface area contributed by atoms with E-state index in [1.54, 1.807) is 0 Å². The number of benzene rings is 1. The van der Waals surface area contributed by atoms with E-state index >= 15 is 0 Å². The SMILES string of the molecule is Cc1ccc(C(CNC(=O)CO)N(C)C)cc1. The topological polar surface area (TPSA) is 52.6 Å². The number of nitrogens with zero attached hydrogens (tertiary/aromatic N) is 1. The maximum Gasteiger partial charge on any atom is 0.245 e. The summed E-state index contributed by atoms with van der Waals surface area (Å²) in [7, 11) is 3.94. The van der Waals surface area contributed by atoms with E-state index in [2.05, 4.69) is 29.6 Å². The minimum atomic E-state index is -0.464. The van der Waals surface area contributed by atoms with Crippen LogP contribution in [0.5, 0.6) is 0 Å². The summed E-state index contributed by atoms with van der Waals surface area (Å²) >= 11 is 0. The summed E-state index contributed by atoms with van der Waals surface area (Å²) < 4.78 is 0. The summed E-state index contributed by atoms with van der Waals surface area (Å²) in [6, 6.07) is 8.35. The van der Waals surface area contributed by atoms with Crippen LogP contribution < -0.4 is 5.32 Å². The first kappa shape index (κ1) is 13.7. The average molecular weight is 236 g/mol. The molecular formula is C13H20N2O2. The van der Waals surface area contributed by atoms with E-state index < -0.39 is 6.61 Å². The second-order valence-electron chi connectivity index (χ2n) is 4.35. The lowest BCUT2D eigenvalue weighted by Gasteiger charge is -2.25. The van der Waals surface area contributed by atoms with Crippen LogP contribution in [0, 0.1) is 6.92 Å². The van der Waals surface area contributed by atoms with Gasteiger partial charge in [0.2, 0.25) is 5.91 Å². The molecule has 1 unspecified atom stereocenters. The highest BCUT2D eigenvalue weighted by Gasteiger charge is 2.14. The number of carbonyl (C=O) groups is 1. The number of amides is 1. The van der Waals surface area contributed by atoms with Crippen molar-refractivity contribution in [3.63, 3.8) is 0 Å². The van der Waals surface area contributed by atoms with Crippen molar-refractivity contribution in [2.75, 3.05) is 27.2 Å². The molecule has 0 heterocycles. The Kier molecular flexibility index (Phi) is 5.12. The van der Waals surface area contributed by atoms with Gasteiger partial charge in [-0.25, -0.2) is 0 Å². The smallest absolute Gasteiger partial charge is 0.245 e. The fourth-order valence-corrected chi connectivity index (χ4v) is 1.65. The van der Waals surface area contributed by atoms with Gasteiger partial charge in [0.05, 0.1) is 6.04 Å². The fourth-order valence-electron chi connectivity index (χ4n) is 1.65. The third-order valence-corrected chi connectivity index (χ3v) is 2.72. The van der Waals surface area contributed by atoms with Gasteiger partial charge in [-0.3, -0.25) is 4.79 Å². The molecule has 4 heteroatoms. The van der Waals surface area contributed by atoms with Crippen molar-refractivity contribution in [1.82, 2.24) is 10.2 Å². The van der Waals surface area contributed by atoms with Crippen molar-refractivity contribution in [3.8, 4) is 0 Å². The van der Waals surface area contributed by atoms with Gasteiger partial charge in [-0.2, -0.15) is 0 Å². The molecule has 94 valence electrons. The first-order valence-corrected chi connectivity index (χ1v) is 5.65. The van der Waals surface area contributed by atoms with Crippen molar-refractivity contribution in [2.24, 2.45) is 0 Å². The molecule has 0 aliphatic rings. The molecule has 1 amide bonds. The lowest BCUT2D eigenvalue weighted by atomic mass is 10.0. The third kappa shape index (κ3) is 4.17. The lowest BCUT2D eigenvalue weighted by molar-refractivity contribution is -0.124. The molecule has 0 saturated carbocycles. The predicted molar refractivity (Wildman–Crippen MR) is 67.7 cm³/mol. The highest BCUT2D eigenvalue weighted by Crippen LogP contribution is 2.17. The molecule has 0 spiro atoms. The summed E-state index contributed by atoms with van der Waals surface area (Å²) in [5.41, 5.74) is 2.37. The molecule has 1 aromatic rings. The lowest BCUT2D eigenvalue weighted by Crippen LogP contribution is -2.35. The number of likely N-dealkylation sites (N-methyl/N-ethyl adjacent to an activating group) is 1. The number of nitrogens with one attached hydrogen (secondary N) is 1. The average Bonchev–Trinajstić information content (AvgIpc) is 2.31. The van der Waals surface area contributed by atoms with E-state index in [1.807, 2.05) is 25.9 Å².